The molecule has 1 spiro atoms. The second kappa shape index (κ2) is 7.35. The van der Waals surface area contributed by atoms with Crippen LogP contribution in [-0.4, -0.2) is 38.5 Å². The molecule has 0 unspecified atom stereocenters. The second-order valence-corrected chi connectivity index (χ2v) is 8.49. The maximum Gasteiger partial charge on any atom is 0.307 e. The number of primary amides is 1. The molecule has 3 aliphatic rings. The molecule has 1 aromatic rings. The van der Waals surface area contributed by atoms with Crippen LogP contribution in [0.1, 0.15) is 32.1 Å². The highest BCUT2D eigenvalue weighted by atomic mass is 16.5. The smallest absolute Gasteiger partial charge is 0.307 e. The first kappa shape index (κ1) is 19.7. The van der Waals surface area contributed by atoms with Gasteiger partial charge in [-0.2, -0.15) is 0 Å². The summed E-state index contributed by atoms with van der Waals surface area (Å²) in [6.45, 7) is 0.199. The van der Waals surface area contributed by atoms with Crippen molar-refractivity contribution < 1.29 is 23.9 Å². The number of carbonyl (C=O) groups excluding carboxylic acids is 3. The van der Waals surface area contributed by atoms with Crippen LogP contribution >= 0.6 is 0 Å². The van der Waals surface area contributed by atoms with Gasteiger partial charge in [-0.25, -0.2) is 0 Å². The summed E-state index contributed by atoms with van der Waals surface area (Å²) in [6.07, 6.45) is 4.20. The van der Waals surface area contributed by atoms with Crippen molar-refractivity contribution in [2.75, 3.05) is 25.7 Å². The minimum absolute atomic E-state index is 0.0848. The summed E-state index contributed by atoms with van der Waals surface area (Å²) in [7, 11) is 2.91. The van der Waals surface area contributed by atoms with Crippen LogP contribution < -0.4 is 15.4 Å². The number of carbonyl (C=O) groups is 3. The number of methoxy groups -OCH3 is 2. The fraction of sp³-hybridized carbons (Fsp3) is 0.591. The lowest BCUT2D eigenvalue weighted by molar-refractivity contribution is -0.140. The van der Waals surface area contributed by atoms with Crippen LogP contribution in [-0.2, 0) is 19.1 Å². The van der Waals surface area contributed by atoms with Crippen LogP contribution in [0, 0.1) is 29.1 Å². The van der Waals surface area contributed by atoms with Crippen molar-refractivity contribution in [3.63, 3.8) is 0 Å². The minimum atomic E-state index is -0.414. The lowest BCUT2D eigenvalue weighted by atomic mass is 9.78. The molecule has 2 amide bonds. The van der Waals surface area contributed by atoms with Gasteiger partial charge in [-0.15, -0.1) is 0 Å². The lowest BCUT2D eigenvalue weighted by Gasteiger charge is -2.33. The predicted octanol–water partition coefficient (Wildman–Crippen LogP) is 2.13. The molecule has 2 bridgehead atoms. The quantitative estimate of drug-likeness (QED) is 0.707. The molecule has 3 saturated carbocycles. The van der Waals surface area contributed by atoms with Gasteiger partial charge in [0.15, 0.2) is 0 Å². The SMILES string of the molecule is COC(=O)CCN(C(=O)[C@H]1[C@H](C(N)=O)[C@H]2CC[C@@H]1C21CC1)c1ccc(OC)cc1. The van der Waals surface area contributed by atoms with E-state index in [-0.39, 0.29) is 48.0 Å². The van der Waals surface area contributed by atoms with Crippen LogP contribution in [0.25, 0.3) is 0 Å². The Morgan fingerprint density at radius 1 is 1.07 bits per heavy atom. The van der Waals surface area contributed by atoms with Gasteiger partial charge in [-0.1, -0.05) is 0 Å². The van der Waals surface area contributed by atoms with Gasteiger partial charge in [0, 0.05) is 12.2 Å². The number of nitrogens with zero attached hydrogens (tertiary/aromatic N) is 1. The number of anilines is 1. The number of ether oxygens (including phenoxy) is 2. The number of benzene rings is 1. The van der Waals surface area contributed by atoms with E-state index in [4.69, 9.17) is 15.2 Å². The molecule has 7 heteroatoms. The van der Waals surface area contributed by atoms with Crippen LogP contribution in [0.5, 0.6) is 5.75 Å². The summed E-state index contributed by atoms with van der Waals surface area (Å²) in [6, 6.07) is 7.16. The predicted molar refractivity (Wildman–Crippen MR) is 106 cm³/mol. The summed E-state index contributed by atoms with van der Waals surface area (Å²) in [4.78, 5) is 39.5. The average molecular weight is 400 g/mol. The number of amides is 2. The molecule has 156 valence electrons. The Morgan fingerprint density at radius 3 is 2.21 bits per heavy atom. The van der Waals surface area contributed by atoms with E-state index in [1.165, 1.54) is 7.11 Å². The molecule has 0 radical (unpaired) electrons. The Labute approximate surface area is 170 Å². The lowest BCUT2D eigenvalue weighted by Crippen LogP contribution is -2.46. The number of hydrogen-bond acceptors (Lipinski definition) is 5. The number of esters is 1. The molecule has 29 heavy (non-hydrogen) atoms. The van der Waals surface area contributed by atoms with Crippen molar-refractivity contribution in [1.82, 2.24) is 0 Å². The molecule has 1 aromatic carbocycles. The molecule has 7 nitrogen and oxygen atoms in total. The Balaban J connectivity index is 1.64. The monoisotopic (exact) mass is 400 g/mol. The Kier molecular flexibility index (Phi) is 5.00. The first-order valence-corrected chi connectivity index (χ1v) is 10.2. The van der Waals surface area contributed by atoms with Gasteiger partial charge in [0.05, 0.1) is 32.5 Å². The Hall–Kier alpha value is -2.57. The van der Waals surface area contributed by atoms with Crippen molar-refractivity contribution in [2.24, 2.45) is 34.8 Å². The van der Waals surface area contributed by atoms with Crippen molar-refractivity contribution in [3.8, 4) is 5.75 Å². The van der Waals surface area contributed by atoms with Gasteiger partial charge in [-0.05, 0) is 67.2 Å². The number of nitrogens with two attached hydrogens (primary N) is 1. The van der Waals surface area contributed by atoms with Gasteiger partial charge in [-0.3, -0.25) is 14.4 Å². The standard InChI is InChI=1S/C22H28N2O5/c1-28-14-5-3-13(4-6-14)24(12-9-17(25)29-2)21(27)19-16-8-7-15(18(19)20(23)26)22(16)10-11-22/h3-6,15-16,18-19H,7-12H2,1-2H3,(H2,23,26)/t15-,16+,18-,19-/m1/s1. The van der Waals surface area contributed by atoms with Gasteiger partial charge in [0.2, 0.25) is 11.8 Å². The molecule has 0 aliphatic heterocycles. The maximum absolute atomic E-state index is 13.8. The maximum atomic E-state index is 13.8. The van der Waals surface area contributed by atoms with Crippen LogP contribution in [0.15, 0.2) is 24.3 Å². The molecule has 3 fully saturated rings. The third-order valence-corrected chi connectivity index (χ3v) is 7.38. The van der Waals surface area contributed by atoms with E-state index in [2.05, 4.69) is 0 Å². The topological polar surface area (TPSA) is 98.9 Å². The minimum Gasteiger partial charge on any atom is -0.497 e. The summed E-state index contributed by atoms with van der Waals surface area (Å²) in [5, 5.41) is 0. The molecule has 0 heterocycles. The van der Waals surface area contributed by atoms with Crippen molar-refractivity contribution in [2.45, 2.75) is 32.1 Å². The third kappa shape index (κ3) is 3.16. The van der Waals surface area contributed by atoms with E-state index < -0.39 is 11.8 Å². The van der Waals surface area contributed by atoms with Gasteiger partial charge >= 0.3 is 5.97 Å². The highest BCUT2D eigenvalue weighted by Gasteiger charge is 2.71. The largest absolute Gasteiger partial charge is 0.497 e. The van der Waals surface area contributed by atoms with E-state index in [0.717, 1.165) is 25.7 Å². The molecule has 2 N–H and O–H groups in total. The summed E-state index contributed by atoms with van der Waals surface area (Å²) in [5.41, 5.74) is 6.59. The summed E-state index contributed by atoms with van der Waals surface area (Å²) < 4.78 is 9.97. The first-order chi connectivity index (χ1) is 13.9. The molecule has 4 rings (SSSR count). The van der Waals surface area contributed by atoms with Crippen LogP contribution in [0.2, 0.25) is 0 Å². The zero-order valence-corrected chi connectivity index (χ0v) is 16.9. The summed E-state index contributed by atoms with van der Waals surface area (Å²) in [5.74, 6) is -0.578. The molecular weight excluding hydrogens is 372 g/mol. The zero-order valence-electron chi connectivity index (χ0n) is 16.9. The van der Waals surface area contributed by atoms with E-state index in [1.54, 1.807) is 36.3 Å². The molecule has 0 aromatic heterocycles. The van der Waals surface area contributed by atoms with Crippen molar-refractivity contribution >= 4 is 23.5 Å². The highest BCUT2D eigenvalue weighted by molar-refractivity contribution is 5.99. The number of rotatable bonds is 7. The molecule has 4 atom stereocenters. The van der Waals surface area contributed by atoms with E-state index >= 15 is 0 Å². The normalized spacial score (nSPS) is 28.2. The Bertz CT molecular complexity index is 817. The third-order valence-electron chi connectivity index (χ3n) is 7.38. The van der Waals surface area contributed by atoms with Gasteiger partial charge in [0.1, 0.15) is 5.75 Å². The van der Waals surface area contributed by atoms with Gasteiger partial charge in [0.25, 0.3) is 0 Å². The zero-order chi connectivity index (χ0) is 20.8. The van der Waals surface area contributed by atoms with E-state index in [0.29, 0.717) is 11.4 Å². The highest BCUT2D eigenvalue weighted by Crippen LogP contribution is 2.74. The second-order valence-electron chi connectivity index (χ2n) is 8.49. The van der Waals surface area contributed by atoms with E-state index in [9.17, 15) is 14.4 Å². The Morgan fingerprint density at radius 2 is 1.69 bits per heavy atom. The molecule has 0 saturated heterocycles. The van der Waals surface area contributed by atoms with Crippen LogP contribution in [0.4, 0.5) is 5.69 Å². The average Bonchev–Trinajstić information content (AvgIpc) is 3.40. The van der Waals surface area contributed by atoms with Crippen molar-refractivity contribution in [1.29, 1.82) is 0 Å². The van der Waals surface area contributed by atoms with E-state index in [1.807, 2.05) is 0 Å². The number of hydrogen-bond donors (Lipinski definition) is 1. The summed E-state index contributed by atoms with van der Waals surface area (Å²) >= 11 is 0. The molecular formula is C22H28N2O5. The molecule has 3 aliphatic carbocycles. The van der Waals surface area contributed by atoms with Crippen LogP contribution in [0.3, 0.4) is 0 Å². The fourth-order valence-corrected chi connectivity index (χ4v) is 5.98. The van der Waals surface area contributed by atoms with Crippen molar-refractivity contribution in [3.05, 3.63) is 24.3 Å². The fourth-order valence-electron chi connectivity index (χ4n) is 5.98. The van der Waals surface area contributed by atoms with Gasteiger partial charge < -0.3 is 20.1 Å². The first-order valence-electron chi connectivity index (χ1n) is 10.2.